The highest BCUT2D eigenvalue weighted by Gasteiger charge is 2.19. The number of allylic oxidation sites excluding steroid dienone is 6. The zero-order valence-corrected chi connectivity index (χ0v) is 23.8. The first-order valence-corrected chi connectivity index (χ1v) is 14.5. The highest BCUT2D eigenvalue weighted by Crippen LogP contribution is 2.37. The van der Waals surface area contributed by atoms with Gasteiger partial charge in [0.15, 0.2) is 0 Å². The van der Waals surface area contributed by atoms with Crippen LogP contribution in [0.15, 0.2) is 169 Å². The average molecular weight is 543 g/mol. The van der Waals surface area contributed by atoms with Crippen LogP contribution in [0, 0.1) is 0 Å². The van der Waals surface area contributed by atoms with Gasteiger partial charge < -0.3 is 5.11 Å². The van der Waals surface area contributed by atoms with Gasteiger partial charge in [-0.15, -0.1) is 0 Å². The number of benzene rings is 6. The Bertz CT molecular complexity index is 1850. The Kier molecular flexibility index (Phi) is 8.21. The minimum Gasteiger partial charge on any atom is -0.400 e. The molecule has 0 aromatic heterocycles. The third-order valence-electron chi connectivity index (χ3n) is 8.04. The fraction of sp³-hybridized carbons (Fsp3) is 0.0732. The van der Waals surface area contributed by atoms with Crippen molar-refractivity contribution in [1.82, 2.24) is 0 Å². The van der Waals surface area contributed by atoms with Crippen LogP contribution >= 0.6 is 0 Å². The molecular weight excluding hydrogens is 508 g/mol. The Morgan fingerprint density at radius 2 is 1.10 bits per heavy atom. The van der Waals surface area contributed by atoms with Crippen molar-refractivity contribution in [1.29, 1.82) is 0 Å². The Balaban J connectivity index is 0.00000155. The summed E-state index contributed by atoms with van der Waals surface area (Å²) in [5.74, 6) is 0.188. The van der Waals surface area contributed by atoms with Gasteiger partial charge in [0.25, 0.3) is 0 Å². The minimum absolute atomic E-state index is 0.188. The molecule has 204 valence electrons. The molecule has 0 unspecified atom stereocenters. The molecule has 0 saturated carbocycles. The van der Waals surface area contributed by atoms with E-state index in [9.17, 15) is 0 Å². The van der Waals surface area contributed by atoms with Gasteiger partial charge in [-0.05, 0) is 73.0 Å². The van der Waals surface area contributed by atoms with E-state index in [1.807, 2.05) is 0 Å². The number of aliphatic hydroxyl groups excluding tert-OH is 1. The molecule has 6 aromatic rings. The lowest BCUT2D eigenvalue weighted by Crippen LogP contribution is -2.04. The SMILES string of the molecule is C1=CCC(c2ccc(-c3ccc4c(ccc5ccccc54)c3)cc2)=CC(C(c2ccccc2)c2ccccc2)=C1.CO. The van der Waals surface area contributed by atoms with Gasteiger partial charge >= 0.3 is 0 Å². The fourth-order valence-electron chi connectivity index (χ4n) is 6.00. The third kappa shape index (κ3) is 5.61. The number of fused-ring (bicyclic) bond motifs is 3. The van der Waals surface area contributed by atoms with Crippen molar-refractivity contribution in [2.24, 2.45) is 0 Å². The second-order valence-electron chi connectivity index (χ2n) is 10.5. The number of rotatable bonds is 5. The molecule has 0 fully saturated rings. The van der Waals surface area contributed by atoms with Crippen LogP contribution in [0.1, 0.15) is 29.0 Å². The van der Waals surface area contributed by atoms with E-state index in [0.29, 0.717) is 0 Å². The first kappa shape index (κ1) is 27.2. The molecule has 0 amide bonds. The van der Waals surface area contributed by atoms with Crippen LogP contribution in [-0.2, 0) is 0 Å². The lowest BCUT2D eigenvalue weighted by molar-refractivity contribution is 0.399. The smallest absolute Gasteiger partial charge is 0.0340 e. The van der Waals surface area contributed by atoms with Gasteiger partial charge in [0.1, 0.15) is 0 Å². The Morgan fingerprint density at radius 1 is 0.524 bits per heavy atom. The molecule has 42 heavy (non-hydrogen) atoms. The monoisotopic (exact) mass is 542 g/mol. The molecule has 0 spiro atoms. The van der Waals surface area contributed by atoms with Gasteiger partial charge in [-0.2, -0.15) is 0 Å². The molecule has 0 aliphatic heterocycles. The van der Waals surface area contributed by atoms with Crippen molar-refractivity contribution >= 4 is 27.1 Å². The fourth-order valence-corrected chi connectivity index (χ4v) is 6.00. The van der Waals surface area contributed by atoms with E-state index >= 15 is 0 Å². The lowest BCUT2D eigenvalue weighted by atomic mass is 9.83. The van der Waals surface area contributed by atoms with Crippen LogP contribution in [0.3, 0.4) is 0 Å². The summed E-state index contributed by atoms with van der Waals surface area (Å²) in [5, 5.41) is 12.2. The van der Waals surface area contributed by atoms with E-state index in [2.05, 4.69) is 164 Å². The topological polar surface area (TPSA) is 20.2 Å². The normalized spacial score (nSPS) is 12.8. The summed E-state index contributed by atoms with van der Waals surface area (Å²) in [6, 6.07) is 50.7. The molecule has 0 atom stereocenters. The maximum absolute atomic E-state index is 7.00. The molecular formula is C41H34O. The maximum Gasteiger partial charge on any atom is 0.0340 e. The van der Waals surface area contributed by atoms with Crippen LogP contribution in [-0.4, -0.2) is 12.2 Å². The highest BCUT2D eigenvalue weighted by molar-refractivity contribution is 6.08. The molecule has 0 bridgehead atoms. The zero-order chi connectivity index (χ0) is 28.7. The molecule has 0 saturated heterocycles. The Hall–Kier alpha value is -4.98. The minimum atomic E-state index is 0.188. The standard InChI is InChI=1S/C40H30.CH4O/c1-3-12-32(13-4-1)40(33-14-5-2-6-15-33)37-17-8-7-16-34(28-37)29-19-21-30(22-20-29)35-25-26-39-36(27-35)24-23-31-11-9-10-18-38(31)39;1-2/h1-15,17-28,40H,16H2;2H,1H3. The van der Waals surface area contributed by atoms with Crippen molar-refractivity contribution in [3.63, 3.8) is 0 Å². The lowest BCUT2D eigenvalue weighted by Gasteiger charge is -2.20. The summed E-state index contributed by atoms with van der Waals surface area (Å²) in [4.78, 5) is 0. The van der Waals surface area contributed by atoms with E-state index in [1.165, 1.54) is 60.5 Å². The van der Waals surface area contributed by atoms with Crippen molar-refractivity contribution in [3.05, 3.63) is 186 Å². The third-order valence-corrected chi connectivity index (χ3v) is 8.04. The second kappa shape index (κ2) is 12.7. The highest BCUT2D eigenvalue weighted by atomic mass is 16.2. The van der Waals surface area contributed by atoms with Crippen molar-refractivity contribution in [2.45, 2.75) is 12.3 Å². The number of hydrogen-bond donors (Lipinski definition) is 1. The molecule has 0 heterocycles. The second-order valence-corrected chi connectivity index (χ2v) is 10.5. The first-order valence-electron chi connectivity index (χ1n) is 14.5. The van der Waals surface area contributed by atoms with Crippen LogP contribution < -0.4 is 0 Å². The van der Waals surface area contributed by atoms with Gasteiger partial charge in [-0.1, -0.05) is 158 Å². The molecule has 6 aromatic carbocycles. The Morgan fingerprint density at radius 3 is 1.81 bits per heavy atom. The molecule has 1 N–H and O–H groups in total. The van der Waals surface area contributed by atoms with E-state index in [0.717, 1.165) is 13.5 Å². The summed E-state index contributed by atoms with van der Waals surface area (Å²) in [6.07, 6.45) is 10.1. The van der Waals surface area contributed by atoms with Crippen molar-refractivity contribution < 1.29 is 5.11 Å². The van der Waals surface area contributed by atoms with E-state index in [4.69, 9.17) is 5.11 Å². The molecule has 7 rings (SSSR count). The molecule has 1 nitrogen and oxygen atoms in total. The van der Waals surface area contributed by atoms with Gasteiger partial charge in [-0.25, -0.2) is 0 Å². The van der Waals surface area contributed by atoms with Gasteiger partial charge in [-0.3, -0.25) is 0 Å². The summed E-state index contributed by atoms with van der Waals surface area (Å²) < 4.78 is 0. The summed E-state index contributed by atoms with van der Waals surface area (Å²) in [7, 11) is 1.00. The summed E-state index contributed by atoms with van der Waals surface area (Å²) in [6.45, 7) is 0. The van der Waals surface area contributed by atoms with E-state index in [-0.39, 0.29) is 5.92 Å². The number of aliphatic hydroxyl groups is 1. The first-order chi connectivity index (χ1) is 20.8. The van der Waals surface area contributed by atoms with Crippen molar-refractivity contribution in [3.8, 4) is 11.1 Å². The predicted octanol–water partition coefficient (Wildman–Crippen LogP) is 10.4. The van der Waals surface area contributed by atoms with Crippen LogP contribution in [0.4, 0.5) is 0 Å². The Labute approximate surface area is 248 Å². The maximum atomic E-state index is 7.00. The molecule has 1 aliphatic carbocycles. The molecule has 1 aliphatic rings. The summed E-state index contributed by atoms with van der Waals surface area (Å²) >= 11 is 0. The molecule has 1 heteroatoms. The van der Waals surface area contributed by atoms with Crippen LogP contribution in [0.5, 0.6) is 0 Å². The van der Waals surface area contributed by atoms with Crippen LogP contribution in [0.25, 0.3) is 38.2 Å². The van der Waals surface area contributed by atoms with E-state index in [1.54, 1.807) is 0 Å². The quantitative estimate of drug-likeness (QED) is 0.215. The van der Waals surface area contributed by atoms with Gasteiger partial charge in [0.05, 0.1) is 0 Å². The zero-order valence-electron chi connectivity index (χ0n) is 23.8. The van der Waals surface area contributed by atoms with Crippen molar-refractivity contribution in [2.75, 3.05) is 7.11 Å². The van der Waals surface area contributed by atoms with Crippen LogP contribution in [0.2, 0.25) is 0 Å². The van der Waals surface area contributed by atoms with Gasteiger partial charge in [0, 0.05) is 13.0 Å². The largest absolute Gasteiger partial charge is 0.400 e. The predicted molar refractivity (Wildman–Crippen MR) is 180 cm³/mol. The van der Waals surface area contributed by atoms with Gasteiger partial charge in [0.2, 0.25) is 0 Å². The molecule has 0 radical (unpaired) electrons. The van der Waals surface area contributed by atoms with E-state index < -0.39 is 0 Å². The number of hydrogen-bond acceptors (Lipinski definition) is 1. The summed E-state index contributed by atoms with van der Waals surface area (Å²) in [5.41, 5.74) is 9.03. The average Bonchev–Trinajstić information content (AvgIpc) is 3.33.